The van der Waals surface area contributed by atoms with Crippen LogP contribution in [0.15, 0.2) is 29.1 Å². The van der Waals surface area contributed by atoms with E-state index in [4.69, 9.17) is 17.0 Å². The average Bonchev–Trinajstić information content (AvgIpc) is 2.36. The highest BCUT2D eigenvalue weighted by Gasteiger charge is 2.11. The summed E-state index contributed by atoms with van der Waals surface area (Å²) in [7, 11) is 1.65. The summed E-state index contributed by atoms with van der Waals surface area (Å²) >= 11 is 5.26. The Labute approximate surface area is 110 Å². The van der Waals surface area contributed by atoms with Gasteiger partial charge in [-0.2, -0.15) is 0 Å². The molecular formula is C13H16N2O2S. The summed E-state index contributed by atoms with van der Waals surface area (Å²) in [5.41, 5.74) is 0.737. The molecule has 1 atom stereocenters. The zero-order valence-electron chi connectivity index (χ0n) is 10.5. The molecule has 1 aromatic heterocycles. The number of aromatic amines is 1. The van der Waals surface area contributed by atoms with Crippen LogP contribution in [0.25, 0.3) is 10.9 Å². The molecular weight excluding hydrogens is 248 g/mol. The van der Waals surface area contributed by atoms with Crippen molar-refractivity contribution in [3.8, 4) is 0 Å². The van der Waals surface area contributed by atoms with Crippen LogP contribution < -0.4 is 5.56 Å². The minimum absolute atomic E-state index is 0.0193. The number of nitrogens with one attached hydrogen (secondary N) is 1. The second-order valence-corrected chi connectivity index (χ2v) is 4.67. The van der Waals surface area contributed by atoms with Gasteiger partial charge in [-0.25, -0.2) is 0 Å². The van der Waals surface area contributed by atoms with Crippen LogP contribution in [0.5, 0.6) is 0 Å². The minimum atomic E-state index is -0.0436. The van der Waals surface area contributed by atoms with Crippen molar-refractivity contribution in [2.45, 2.75) is 19.4 Å². The molecule has 2 rings (SSSR count). The third-order valence-corrected chi connectivity index (χ3v) is 3.32. The first-order valence-corrected chi connectivity index (χ1v) is 6.28. The van der Waals surface area contributed by atoms with Crippen molar-refractivity contribution >= 4 is 23.1 Å². The molecule has 4 nitrogen and oxygen atoms in total. The zero-order valence-corrected chi connectivity index (χ0v) is 11.3. The van der Waals surface area contributed by atoms with Gasteiger partial charge in [-0.3, -0.25) is 9.36 Å². The van der Waals surface area contributed by atoms with E-state index in [1.807, 2.05) is 31.2 Å². The fraction of sp³-hybridized carbons (Fsp3) is 0.385. The van der Waals surface area contributed by atoms with Gasteiger partial charge in [-0.05, 0) is 37.7 Å². The van der Waals surface area contributed by atoms with Gasteiger partial charge in [0.2, 0.25) is 0 Å². The third-order valence-electron chi connectivity index (χ3n) is 3.02. The normalized spacial score (nSPS) is 12.8. The fourth-order valence-electron chi connectivity index (χ4n) is 1.99. The lowest BCUT2D eigenvalue weighted by Crippen LogP contribution is -2.25. The first-order chi connectivity index (χ1) is 8.65. The molecule has 96 valence electrons. The highest BCUT2D eigenvalue weighted by Crippen LogP contribution is 2.12. The Morgan fingerprint density at radius 2 is 2.17 bits per heavy atom. The molecule has 1 aromatic carbocycles. The smallest absolute Gasteiger partial charge is 0.262 e. The summed E-state index contributed by atoms with van der Waals surface area (Å²) in [5, 5.41) is 0.662. The van der Waals surface area contributed by atoms with Gasteiger partial charge in [0.1, 0.15) is 0 Å². The first kappa shape index (κ1) is 13.0. The second kappa shape index (κ2) is 5.46. The standard InChI is InChI=1S/C13H16N2O2S/c1-9(7-8-17-2)15-12(16)10-5-3-4-6-11(10)14-13(15)18/h3-6,9H,7-8H2,1-2H3,(H,14,18). The largest absolute Gasteiger partial charge is 0.385 e. The number of para-hydroxylation sites is 1. The number of aromatic nitrogens is 2. The third kappa shape index (κ3) is 2.37. The molecule has 1 heterocycles. The molecule has 0 spiro atoms. The lowest BCUT2D eigenvalue weighted by atomic mass is 10.2. The minimum Gasteiger partial charge on any atom is -0.385 e. The summed E-state index contributed by atoms with van der Waals surface area (Å²) in [6.45, 7) is 2.58. The molecule has 1 unspecified atom stereocenters. The SMILES string of the molecule is COCCC(C)n1c(=S)[nH]c2ccccc2c1=O. The number of benzene rings is 1. The highest BCUT2D eigenvalue weighted by molar-refractivity contribution is 7.71. The topological polar surface area (TPSA) is 47.0 Å². The molecule has 0 bridgehead atoms. The number of ether oxygens (including phenoxy) is 1. The number of rotatable bonds is 4. The Kier molecular flexibility index (Phi) is 3.93. The van der Waals surface area contributed by atoms with Crippen LogP contribution >= 0.6 is 12.2 Å². The van der Waals surface area contributed by atoms with E-state index in [1.165, 1.54) is 0 Å². The van der Waals surface area contributed by atoms with Gasteiger partial charge in [0.25, 0.3) is 5.56 Å². The molecule has 0 amide bonds. The van der Waals surface area contributed by atoms with Crippen LogP contribution in [0.1, 0.15) is 19.4 Å². The number of methoxy groups -OCH3 is 1. The number of hydrogen-bond donors (Lipinski definition) is 1. The summed E-state index contributed by atoms with van der Waals surface area (Å²) in [4.78, 5) is 15.5. The quantitative estimate of drug-likeness (QED) is 0.864. The van der Waals surface area contributed by atoms with Crippen molar-refractivity contribution in [1.82, 2.24) is 9.55 Å². The summed E-state index contributed by atoms with van der Waals surface area (Å²) in [6.07, 6.45) is 0.756. The van der Waals surface area contributed by atoms with E-state index >= 15 is 0 Å². The van der Waals surface area contributed by atoms with E-state index in [-0.39, 0.29) is 11.6 Å². The number of fused-ring (bicyclic) bond motifs is 1. The number of nitrogens with zero attached hydrogens (tertiary/aromatic N) is 1. The van der Waals surface area contributed by atoms with Gasteiger partial charge >= 0.3 is 0 Å². The van der Waals surface area contributed by atoms with E-state index in [0.29, 0.717) is 16.8 Å². The lowest BCUT2D eigenvalue weighted by molar-refractivity contribution is 0.180. The van der Waals surface area contributed by atoms with Crippen LogP contribution in [0.2, 0.25) is 0 Å². The first-order valence-electron chi connectivity index (χ1n) is 5.87. The molecule has 0 saturated heterocycles. The number of H-pyrrole nitrogens is 1. The van der Waals surface area contributed by atoms with Crippen molar-refractivity contribution in [1.29, 1.82) is 0 Å². The maximum absolute atomic E-state index is 12.4. The molecule has 18 heavy (non-hydrogen) atoms. The zero-order chi connectivity index (χ0) is 13.1. The summed E-state index contributed by atoms with van der Waals surface area (Å²) < 4.78 is 7.12. The van der Waals surface area contributed by atoms with Gasteiger partial charge in [0, 0.05) is 19.8 Å². The van der Waals surface area contributed by atoms with Gasteiger partial charge < -0.3 is 9.72 Å². The van der Waals surface area contributed by atoms with Crippen LogP contribution in [0, 0.1) is 4.77 Å². The molecule has 0 saturated carbocycles. The fourth-order valence-corrected chi connectivity index (χ4v) is 2.37. The van der Waals surface area contributed by atoms with Crippen molar-refractivity contribution in [3.05, 3.63) is 39.4 Å². The monoisotopic (exact) mass is 264 g/mol. The number of hydrogen-bond acceptors (Lipinski definition) is 3. The van der Waals surface area contributed by atoms with Crippen molar-refractivity contribution in [3.63, 3.8) is 0 Å². The summed E-state index contributed by atoms with van der Waals surface area (Å²) in [5.74, 6) is 0. The van der Waals surface area contributed by atoms with Crippen molar-refractivity contribution in [2.75, 3.05) is 13.7 Å². The maximum atomic E-state index is 12.4. The highest BCUT2D eigenvalue weighted by atomic mass is 32.1. The van der Waals surface area contributed by atoms with Gasteiger partial charge in [0.05, 0.1) is 10.9 Å². The summed E-state index contributed by atoms with van der Waals surface area (Å²) in [6, 6.07) is 7.42. The predicted octanol–water partition coefficient (Wildman–Crippen LogP) is 2.66. The van der Waals surface area contributed by atoms with Crippen LogP contribution in [0.3, 0.4) is 0 Å². The van der Waals surface area contributed by atoms with Gasteiger partial charge in [-0.15, -0.1) is 0 Å². The van der Waals surface area contributed by atoms with Crippen LogP contribution in [0.4, 0.5) is 0 Å². The Hall–Kier alpha value is -1.46. The molecule has 0 aliphatic heterocycles. The Morgan fingerprint density at radius 3 is 2.89 bits per heavy atom. The van der Waals surface area contributed by atoms with E-state index in [0.717, 1.165) is 11.9 Å². The van der Waals surface area contributed by atoms with Gasteiger partial charge in [0.15, 0.2) is 4.77 Å². The van der Waals surface area contributed by atoms with Gasteiger partial charge in [-0.1, -0.05) is 12.1 Å². The van der Waals surface area contributed by atoms with Crippen molar-refractivity contribution < 1.29 is 4.74 Å². The second-order valence-electron chi connectivity index (χ2n) is 4.28. The molecule has 5 heteroatoms. The Morgan fingerprint density at radius 1 is 1.44 bits per heavy atom. The average molecular weight is 264 g/mol. The molecule has 1 N–H and O–H groups in total. The molecule has 0 fully saturated rings. The van der Waals surface area contributed by atoms with Crippen LogP contribution in [-0.4, -0.2) is 23.3 Å². The maximum Gasteiger partial charge on any atom is 0.262 e. The molecule has 0 radical (unpaired) electrons. The van der Waals surface area contributed by atoms with E-state index in [1.54, 1.807) is 11.7 Å². The Balaban J connectivity index is 2.57. The van der Waals surface area contributed by atoms with Crippen molar-refractivity contribution in [2.24, 2.45) is 0 Å². The molecule has 0 aliphatic carbocycles. The molecule has 0 aliphatic rings. The Bertz CT molecular complexity index is 660. The van der Waals surface area contributed by atoms with Crippen LogP contribution in [-0.2, 0) is 4.74 Å². The van der Waals surface area contributed by atoms with E-state index in [9.17, 15) is 4.79 Å². The lowest BCUT2D eigenvalue weighted by Gasteiger charge is -2.15. The van der Waals surface area contributed by atoms with E-state index < -0.39 is 0 Å². The molecule has 2 aromatic rings. The predicted molar refractivity (Wildman–Crippen MR) is 74.6 cm³/mol. The van der Waals surface area contributed by atoms with E-state index in [2.05, 4.69) is 4.98 Å².